The third-order valence-corrected chi connectivity index (χ3v) is 19.4. The predicted molar refractivity (Wildman–Crippen MR) is 115 cm³/mol. The SMILES string of the molecule is CCC[CH2][Sn](/[CH]=C\[C@@H](O)CCc1ccccc1)([CH2]CCC)[CH2]CCC. The number of unbranched alkanes of at least 4 members (excludes halogenated alkanes) is 3. The van der Waals surface area contributed by atoms with E-state index in [4.69, 9.17) is 0 Å². The van der Waals surface area contributed by atoms with Gasteiger partial charge in [0.2, 0.25) is 0 Å². The summed E-state index contributed by atoms with van der Waals surface area (Å²) in [5.74, 6) is 0. The van der Waals surface area contributed by atoms with Crippen LogP contribution in [0.1, 0.15) is 71.3 Å². The number of hydrogen-bond acceptors (Lipinski definition) is 1. The van der Waals surface area contributed by atoms with Crippen LogP contribution in [0.2, 0.25) is 13.3 Å². The zero-order valence-electron chi connectivity index (χ0n) is 16.8. The first-order valence-electron chi connectivity index (χ1n) is 10.6. The molecule has 0 spiro atoms. The van der Waals surface area contributed by atoms with Gasteiger partial charge in [-0.25, -0.2) is 0 Å². The molecule has 0 saturated heterocycles. The van der Waals surface area contributed by atoms with E-state index in [0.29, 0.717) is 0 Å². The van der Waals surface area contributed by atoms with E-state index in [1.54, 1.807) is 0 Å². The van der Waals surface area contributed by atoms with Crippen LogP contribution in [0.4, 0.5) is 0 Å². The van der Waals surface area contributed by atoms with Crippen molar-refractivity contribution in [2.75, 3.05) is 0 Å². The van der Waals surface area contributed by atoms with Gasteiger partial charge in [-0.05, 0) is 0 Å². The molecule has 1 nitrogen and oxygen atoms in total. The topological polar surface area (TPSA) is 20.2 Å². The summed E-state index contributed by atoms with van der Waals surface area (Å²) in [5, 5.41) is 10.5. The van der Waals surface area contributed by atoms with E-state index >= 15 is 0 Å². The number of rotatable bonds is 14. The molecule has 0 heterocycles. The second-order valence-electron chi connectivity index (χ2n) is 7.62. The van der Waals surface area contributed by atoms with Crippen molar-refractivity contribution in [2.24, 2.45) is 0 Å². The molecule has 0 aromatic heterocycles. The minimum atomic E-state index is -2.23. The van der Waals surface area contributed by atoms with Gasteiger partial charge in [-0.2, -0.15) is 0 Å². The van der Waals surface area contributed by atoms with Crippen LogP contribution >= 0.6 is 0 Å². The van der Waals surface area contributed by atoms with Crippen molar-refractivity contribution in [2.45, 2.75) is 91.6 Å². The van der Waals surface area contributed by atoms with Crippen molar-refractivity contribution in [3.63, 3.8) is 0 Å². The van der Waals surface area contributed by atoms with Crippen molar-refractivity contribution >= 4 is 18.4 Å². The van der Waals surface area contributed by atoms with E-state index in [0.717, 1.165) is 12.8 Å². The zero-order chi connectivity index (χ0) is 18.4. The molecule has 0 aliphatic carbocycles. The molecule has 0 fully saturated rings. The number of aryl methyl sites for hydroxylation is 1. The number of hydrogen-bond donors (Lipinski definition) is 1. The summed E-state index contributed by atoms with van der Waals surface area (Å²) in [5.41, 5.74) is 1.33. The summed E-state index contributed by atoms with van der Waals surface area (Å²) in [4.78, 5) is 0. The van der Waals surface area contributed by atoms with Gasteiger partial charge in [-0.15, -0.1) is 0 Å². The Labute approximate surface area is 160 Å². The van der Waals surface area contributed by atoms with E-state index in [1.165, 1.54) is 57.4 Å². The van der Waals surface area contributed by atoms with Gasteiger partial charge in [0, 0.05) is 0 Å². The molecule has 1 rings (SSSR count). The summed E-state index contributed by atoms with van der Waals surface area (Å²) in [7, 11) is 0. The van der Waals surface area contributed by atoms with E-state index in [-0.39, 0.29) is 6.10 Å². The van der Waals surface area contributed by atoms with Crippen LogP contribution in [0.5, 0.6) is 0 Å². The summed E-state index contributed by atoms with van der Waals surface area (Å²) >= 11 is -2.23. The summed E-state index contributed by atoms with van der Waals surface area (Å²) < 4.78 is 7.04. The van der Waals surface area contributed by atoms with Gasteiger partial charge < -0.3 is 0 Å². The quantitative estimate of drug-likeness (QED) is 0.305. The van der Waals surface area contributed by atoms with Crippen LogP contribution in [0.3, 0.4) is 0 Å². The molecular weight excluding hydrogens is 411 g/mol. The Kier molecular flexibility index (Phi) is 12.6. The molecule has 0 saturated carbocycles. The second-order valence-corrected chi connectivity index (χ2v) is 20.6. The zero-order valence-corrected chi connectivity index (χ0v) is 19.7. The molecule has 142 valence electrons. The van der Waals surface area contributed by atoms with Crippen molar-refractivity contribution in [3.8, 4) is 0 Å². The summed E-state index contributed by atoms with van der Waals surface area (Å²) in [6.45, 7) is 6.94. The van der Waals surface area contributed by atoms with Crippen LogP contribution in [-0.4, -0.2) is 29.6 Å². The Bertz CT molecular complexity index is 433. The molecule has 1 aromatic carbocycles. The Morgan fingerprint density at radius 1 is 0.880 bits per heavy atom. The third-order valence-electron chi connectivity index (χ3n) is 5.33. The van der Waals surface area contributed by atoms with Gasteiger partial charge in [-0.1, -0.05) is 0 Å². The standard InChI is InChI=1S/C11H13O.3C4H9.Sn/c1-2-11(12)9-8-10-6-4-3-5-7-10;3*1-3-4-2;/h1-7,11-12H,8-9H2;3*1,3-4H2,2H3;/t11-;;;;/m1..../s1. The fourth-order valence-corrected chi connectivity index (χ4v) is 18.0. The van der Waals surface area contributed by atoms with Gasteiger partial charge in [0.15, 0.2) is 0 Å². The molecule has 1 N–H and O–H groups in total. The monoisotopic (exact) mass is 452 g/mol. The molecule has 1 atom stereocenters. The molecule has 25 heavy (non-hydrogen) atoms. The first-order valence-corrected chi connectivity index (χ1v) is 18.3. The van der Waals surface area contributed by atoms with Crippen molar-refractivity contribution in [3.05, 3.63) is 46.1 Å². The summed E-state index contributed by atoms with van der Waals surface area (Å²) in [6.07, 6.45) is 11.8. The van der Waals surface area contributed by atoms with E-state index < -0.39 is 18.4 Å². The van der Waals surface area contributed by atoms with Crippen LogP contribution in [-0.2, 0) is 6.42 Å². The first kappa shape index (κ1) is 22.8. The molecule has 0 aliphatic rings. The van der Waals surface area contributed by atoms with E-state index in [9.17, 15) is 5.11 Å². The molecule has 0 aliphatic heterocycles. The predicted octanol–water partition coefficient (Wildman–Crippen LogP) is 6.92. The van der Waals surface area contributed by atoms with E-state index in [2.05, 4.69) is 61.3 Å². The molecule has 0 bridgehead atoms. The summed E-state index contributed by atoms with van der Waals surface area (Å²) in [6, 6.07) is 10.5. The molecule has 0 unspecified atom stereocenters. The number of aliphatic hydroxyl groups excluding tert-OH is 1. The Balaban J connectivity index is 2.68. The Hall–Kier alpha value is -0.281. The maximum absolute atomic E-state index is 10.5. The Morgan fingerprint density at radius 3 is 1.88 bits per heavy atom. The van der Waals surface area contributed by atoms with E-state index in [1.807, 2.05) is 0 Å². The van der Waals surface area contributed by atoms with Crippen LogP contribution < -0.4 is 0 Å². The fourth-order valence-electron chi connectivity index (χ4n) is 3.58. The minimum absolute atomic E-state index is 0.277. The molecule has 1 aromatic rings. The van der Waals surface area contributed by atoms with Gasteiger partial charge >= 0.3 is 161 Å². The third kappa shape index (κ3) is 9.84. The van der Waals surface area contributed by atoms with Gasteiger partial charge in [-0.3, -0.25) is 0 Å². The van der Waals surface area contributed by atoms with Gasteiger partial charge in [0.05, 0.1) is 0 Å². The van der Waals surface area contributed by atoms with Crippen LogP contribution in [0.15, 0.2) is 40.5 Å². The fraction of sp³-hybridized carbons (Fsp3) is 0.652. The average molecular weight is 451 g/mol. The van der Waals surface area contributed by atoms with Crippen LogP contribution in [0.25, 0.3) is 0 Å². The first-order chi connectivity index (χ1) is 12.2. The van der Waals surface area contributed by atoms with Crippen molar-refractivity contribution in [1.82, 2.24) is 0 Å². The normalized spacial score (nSPS) is 13.4. The molecule has 2 heteroatoms. The number of aliphatic hydroxyl groups is 1. The molecule has 0 amide bonds. The van der Waals surface area contributed by atoms with Gasteiger partial charge in [0.25, 0.3) is 0 Å². The maximum atomic E-state index is 10.5. The number of benzene rings is 1. The Morgan fingerprint density at radius 2 is 1.40 bits per heavy atom. The molecular formula is C23H40OSn. The van der Waals surface area contributed by atoms with Crippen molar-refractivity contribution in [1.29, 1.82) is 0 Å². The second kappa shape index (κ2) is 13.9. The average Bonchev–Trinajstić information content (AvgIpc) is 2.66. The molecule has 0 radical (unpaired) electrons. The van der Waals surface area contributed by atoms with Gasteiger partial charge in [0.1, 0.15) is 0 Å². The van der Waals surface area contributed by atoms with Crippen molar-refractivity contribution < 1.29 is 5.11 Å². The van der Waals surface area contributed by atoms with Crippen LogP contribution in [0, 0.1) is 0 Å².